The fraction of sp³-hybridized carbons (Fsp3) is 0.900. The molecule has 1 rings (SSSR count). The van der Waals surface area contributed by atoms with Crippen LogP contribution in [-0.4, -0.2) is 38.0 Å². The molecule has 0 bridgehead atoms. The van der Waals surface area contributed by atoms with E-state index in [4.69, 9.17) is 0 Å². The molecule has 0 heterocycles. The molecule has 0 amide bonds. The molecule has 1 fully saturated rings. The Morgan fingerprint density at radius 1 is 1.33 bits per heavy atom. The number of ketones is 1. The molecule has 2 nitrogen and oxygen atoms in total. The van der Waals surface area contributed by atoms with Crippen LogP contribution in [0.5, 0.6) is 0 Å². The second kappa shape index (κ2) is 3.56. The van der Waals surface area contributed by atoms with E-state index in [0.29, 0.717) is 11.7 Å². The lowest BCUT2D eigenvalue weighted by molar-refractivity contribution is -0.872. The molecule has 0 aliphatic heterocycles. The van der Waals surface area contributed by atoms with Gasteiger partial charge in [0, 0.05) is 6.42 Å². The second-order valence-corrected chi connectivity index (χ2v) is 4.88. The SMILES string of the molecule is C[N+](C)(C)C[C@@H]1CCCCC1=O. The van der Waals surface area contributed by atoms with Crippen LogP contribution in [0.1, 0.15) is 25.7 Å². The van der Waals surface area contributed by atoms with E-state index in [2.05, 4.69) is 21.1 Å². The molecule has 0 spiro atoms. The summed E-state index contributed by atoms with van der Waals surface area (Å²) in [5.74, 6) is 0.841. The minimum absolute atomic E-state index is 0.346. The molecular formula is C10H20NO+. The van der Waals surface area contributed by atoms with Gasteiger partial charge in [0.15, 0.2) is 0 Å². The third-order valence-corrected chi connectivity index (χ3v) is 2.45. The van der Waals surface area contributed by atoms with E-state index in [1.54, 1.807) is 0 Å². The molecular weight excluding hydrogens is 150 g/mol. The smallest absolute Gasteiger partial charge is 0.141 e. The molecule has 2 heteroatoms. The van der Waals surface area contributed by atoms with Crippen LogP contribution in [0.2, 0.25) is 0 Å². The first-order valence-electron chi connectivity index (χ1n) is 4.82. The quantitative estimate of drug-likeness (QED) is 0.573. The van der Waals surface area contributed by atoms with Crippen LogP contribution in [0.25, 0.3) is 0 Å². The Hall–Kier alpha value is -0.370. The van der Waals surface area contributed by atoms with E-state index in [1.807, 2.05) is 0 Å². The molecule has 1 aliphatic rings. The summed E-state index contributed by atoms with van der Waals surface area (Å²) in [6.45, 7) is 1.01. The lowest BCUT2D eigenvalue weighted by Gasteiger charge is -2.30. The number of Topliss-reactive ketones (excluding diaryl/α,β-unsaturated/α-hetero) is 1. The van der Waals surface area contributed by atoms with Crippen molar-refractivity contribution in [1.82, 2.24) is 0 Å². The minimum Gasteiger partial charge on any atom is -0.330 e. The highest BCUT2D eigenvalue weighted by molar-refractivity contribution is 5.81. The van der Waals surface area contributed by atoms with Gasteiger partial charge in [-0.3, -0.25) is 4.79 Å². The van der Waals surface area contributed by atoms with Gasteiger partial charge >= 0.3 is 0 Å². The van der Waals surface area contributed by atoms with E-state index in [0.717, 1.165) is 30.3 Å². The van der Waals surface area contributed by atoms with Crippen LogP contribution < -0.4 is 0 Å². The van der Waals surface area contributed by atoms with E-state index in [9.17, 15) is 4.79 Å². The predicted molar refractivity (Wildman–Crippen MR) is 49.9 cm³/mol. The lowest BCUT2D eigenvalue weighted by atomic mass is 9.87. The van der Waals surface area contributed by atoms with Gasteiger partial charge in [-0.2, -0.15) is 0 Å². The number of rotatable bonds is 2. The Balaban J connectivity index is 2.45. The maximum atomic E-state index is 11.5. The van der Waals surface area contributed by atoms with Crippen LogP contribution in [0.4, 0.5) is 0 Å². The van der Waals surface area contributed by atoms with Crippen molar-refractivity contribution < 1.29 is 9.28 Å². The van der Waals surface area contributed by atoms with E-state index >= 15 is 0 Å². The first kappa shape index (κ1) is 9.72. The topological polar surface area (TPSA) is 17.1 Å². The summed E-state index contributed by atoms with van der Waals surface area (Å²) in [6, 6.07) is 0. The Bertz CT molecular complexity index is 169. The Morgan fingerprint density at radius 2 is 2.00 bits per heavy atom. The predicted octanol–water partition coefficient (Wildman–Crippen LogP) is 1.45. The molecule has 0 aromatic heterocycles. The summed E-state index contributed by atoms with van der Waals surface area (Å²) in [5, 5.41) is 0. The zero-order valence-electron chi connectivity index (χ0n) is 8.47. The van der Waals surface area contributed by atoms with Gasteiger partial charge in [-0.1, -0.05) is 6.42 Å². The van der Waals surface area contributed by atoms with Crippen molar-refractivity contribution in [2.45, 2.75) is 25.7 Å². The summed E-state index contributed by atoms with van der Waals surface area (Å²) < 4.78 is 0.913. The third kappa shape index (κ3) is 2.94. The molecule has 1 saturated carbocycles. The Kier molecular flexibility index (Phi) is 2.89. The Labute approximate surface area is 75.1 Å². The summed E-state index contributed by atoms with van der Waals surface area (Å²) in [4.78, 5) is 11.5. The van der Waals surface area contributed by atoms with E-state index in [-0.39, 0.29) is 0 Å². The average Bonchev–Trinajstić information content (AvgIpc) is 1.91. The summed E-state index contributed by atoms with van der Waals surface area (Å²) in [5.41, 5.74) is 0. The van der Waals surface area contributed by atoms with Gasteiger partial charge < -0.3 is 4.48 Å². The van der Waals surface area contributed by atoms with Crippen molar-refractivity contribution >= 4 is 5.78 Å². The maximum absolute atomic E-state index is 11.5. The van der Waals surface area contributed by atoms with Gasteiger partial charge in [0.2, 0.25) is 0 Å². The molecule has 0 aromatic carbocycles. The summed E-state index contributed by atoms with van der Waals surface area (Å²) in [6.07, 6.45) is 4.31. The first-order chi connectivity index (χ1) is 5.49. The number of carbonyl (C=O) groups excluding carboxylic acids is 1. The average molecular weight is 170 g/mol. The van der Waals surface area contributed by atoms with E-state index < -0.39 is 0 Å². The van der Waals surface area contributed by atoms with Crippen LogP contribution in [0.3, 0.4) is 0 Å². The molecule has 0 aromatic rings. The highest BCUT2D eigenvalue weighted by atomic mass is 16.1. The van der Waals surface area contributed by atoms with Crippen molar-refractivity contribution in [2.75, 3.05) is 27.7 Å². The largest absolute Gasteiger partial charge is 0.330 e. The molecule has 0 saturated heterocycles. The Morgan fingerprint density at radius 3 is 2.50 bits per heavy atom. The molecule has 0 unspecified atom stereocenters. The second-order valence-electron chi connectivity index (χ2n) is 4.88. The fourth-order valence-electron chi connectivity index (χ4n) is 1.91. The number of carbonyl (C=O) groups is 1. The zero-order valence-corrected chi connectivity index (χ0v) is 8.47. The van der Waals surface area contributed by atoms with E-state index in [1.165, 1.54) is 6.42 Å². The van der Waals surface area contributed by atoms with Crippen LogP contribution in [0.15, 0.2) is 0 Å². The monoisotopic (exact) mass is 170 g/mol. The zero-order chi connectivity index (χ0) is 9.19. The van der Waals surface area contributed by atoms with Gasteiger partial charge in [-0.25, -0.2) is 0 Å². The molecule has 70 valence electrons. The molecule has 1 aliphatic carbocycles. The highest BCUT2D eigenvalue weighted by Gasteiger charge is 2.27. The molecule has 12 heavy (non-hydrogen) atoms. The molecule has 0 N–H and O–H groups in total. The maximum Gasteiger partial charge on any atom is 0.141 e. The van der Waals surface area contributed by atoms with Crippen molar-refractivity contribution in [3.63, 3.8) is 0 Å². The number of hydrogen-bond donors (Lipinski definition) is 0. The molecule has 0 radical (unpaired) electrons. The van der Waals surface area contributed by atoms with Gasteiger partial charge in [-0.15, -0.1) is 0 Å². The summed E-state index contributed by atoms with van der Waals surface area (Å²) in [7, 11) is 6.46. The van der Waals surface area contributed by atoms with Crippen molar-refractivity contribution in [3.05, 3.63) is 0 Å². The van der Waals surface area contributed by atoms with Gasteiger partial charge in [0.1, 0.15) is 5.78 Å². The van der Waals surface area contributed by atoms with Crippen molar-refractivity contribution in [2.24, 2.45) is 5.92 Å². The van der Waals surface area contributed by atoms with Crippen LogP contribution in [0, 0.1) is 5.92 Å². The van der Waals surface area contributed by atoms with Gasteiger partial charge in [0.25, 0.3) is 0 Å². The number of hydrogen-bond acceptors (Lipinski definition) is 1. The van der Waals surface area contributed by atoms with Gasteiger partial charge in [0.05, 0.1) is 33.6 Å². The molecule has 1 atom stereocenters. The summed E-state index contributed by atoms with van der Waals surface area (Å²) >= 11 is 0. The minimum atomic E-state index is 0.346. The normalized spacial score (nSPS) is 25.9. The van der Waals surface area contributed by atoms with Crippen LogP contribution >= 0.6 is 0 Å². The fourth-order valence-corrected chi connectivity index (χ4v) is 1.91. The number of quaternary nitrogens is 1. The standard InChI is InChI=1S/C10H20NO/c1-11(2,3)8-9-6-4-5-7-10(9)12/h9H,4-8H2,1-3H3/q+1/t9-/m0/s1. The van der Waals surface area contributed by atoms with Crippen molar-refractivity contribution in [1.29, 1.82) is 0 Å². The lowest BCUT2D eigenvalue weighted by Crippen LogP contribution is -2.42. The third-order valence-electron chi connectivity index (χ3n) is 2.45. The van der Waals surface area contributed by atoms with Crippen molar-refractivity contribution in [3.8, 4) is 0 Å². The van der Waals surface area contributed by atoms with Gasteiger partial charge in [-0.05, 0) is 12.8 Å². The first-order valence-corrected chi connectivity index (χ1v) is 4.82. The number of nitrogens with zero attached hydrogens (tertiary/aromatic N) is 1. The van der Waals surface area contributed by atoms with Crippen LogP contribution in [-0.2, 0) is 4.79 Å². The highest BCUT2D eigenvalue weighted by Crippen LogP contribution is 2.21.